The van der Waals surface area contributed by atoms with E-state index in [0.29, 0.717) is 17.7 Å². The number of nitro groups is 1. The molecule has 2 aromatic rings. The van der Waals surface area contributed by atoms with Gasteiger partial charge in [0.1, 0.15) is 12.6 Å². The fourth-order valence-electron chi connectivity index (χ4n) is 2.96. The van der Waals surface area contributed by atoms with Crippen molar-refractivity contribution in [1.29, 1.82) is 0 Å². The monoisotopic (exact) mass is 369 g/mol. The van der Waals surface area contributed by atoms with Gasteiger partial charge in [-0.15, -0.1) is 0 Å². The molecule has 1 saturated heterocycles. The number of carbonyl (C=O) groups is 2. The van der Waals surface area contributed by atoms with Crippen LogP contribution in [-0.4, -0.2) is 27.7 Å². The van der Waals surface area contributed by atoms with Crippen molar-refractivity contribution in [2.75, 3.05) is 5.73 Å². The maximum absolute atomic E-state index is 12.4. The smallest absolute Gasteiger partial charge is 0.329 e. The Morgan fingerprint density at radius 2 is 1.78 bits per heavy atom. The number of carbonyl (C=O) groups excluding carboxylic acids is 2. The Labute approximate surface area is 155 Å². The first kappa shape index (κ1) is 18.4. The van der Waals surface area contributed by atoms with Crippen molar-refractivity contribution in [3.63, 3.8) is 0 Å². The molecule has 3 rings (SSSR count). The maximum atomic E-state index is 12.4. The second kappa shape index (κ2) is 7.86. The highest BCUT2D eigenvalue weighted by atomic mass is 16.6. The van der Waals surface area contributed by atoms with Gasteiger partial charge < -0.3 is 15.4 Å². The van der Waals surface area contributed by atoms with Crippen LogP contribution in [0.3, 0.4) is 0 Å². The van der Waals surface area contributed by atoms with Crippen molar-refractivity contribution in [2.24, 2.45) is 0 Å². The number of likely N-dealkylation sites (tertiary alicyclic amines) is 1. The summed E-state index contributed by atoms with van der Waals surface area (Å²) in [4.78, 5) is 36.3. The van der Waals surface area contributed by atoms with Gasteiger partial charge in [-0.05, 0) is 29.7 Å². The van der Waals surface area contributed by atoms with E-state index >= 15 is 0 Å². The number of ether oxygens (including phenoxy) is 1. The zero-order valence-corrected chi connectivity index (χ0v) is 14.5. The summed E-state index contributed by atoms with van der Waals surface area (Å²) in [5.41, 5.74) is 7.75. The van der Waals surface area contributed by atoms with Crippen LogP contribution in [0.15, 0.2) is 48.5 Å². The Balaban J connectivity index is 1.63. The topological polar surface area (TPSA) is 116 Å². The first-order chi connectivity index (χ1) is 12.9. The van der Waals surface area contributed by atoms with E-state index in [9.17, 15) is 19.7 Å². The normalized spacial score (nSPS) is 16.4. The summed E-state index contributed by atoms with van der Waals surface area (Å²) in [6.45, 7) is 0.313. The lowest BCUT2D eigenvalue weighted by Crippen LogP contribution is -2.39. The number of nitrogen functional groups attached to an aromatic ring is 1. The fourth-order valence-corrected chi connectivity index (χ4v) is 2.96. The lowest BCUT2D eigenvalue weighted by molar-refractivity contribution is -0.384. The molecule has 1 aliphatic rings. The number of nitrogens with two attached hydrogens (primary N) is 1. The van der Waals surface area contributed by atoms with E-state index in [1.54, 1.807) is 36.4 Å². The van der Waals surface area contributed by atoms with E-state index in [4.69, 9.17) is 10.5 Å². The number of hydrogen-bond donors (Lipinski definition) is 1. The molecular weight excluding hydrogens is 350 g/mol. The van der Waals surface area contributed by atoms with E-state index in [2.05, 4.69) is 0 Å². The molecule has 1 amide bonds. The molecule has 0 bridgehead atoms. The summed E-state index contributed by atoms with van der Waals surface area (Å²) in [6.07, 6.45) is 0.668. The van der Waals surface area contributed by atoms with Crippen LogP contribution in [-0.2, 0) is 27.5 Å². The minimum atomic E-state index is -0.651. The third kappa shape index (κ3) is 4.41. The molecule has 1 aliphatic heterocycles. The number of amides is 1. The van der Waals surface area contributed by atoms with E-state index in [-0.39, 0.29) is 31.2 Å². The van der Waals surface area contributed by atoms with Gasteiger partial charge >= 0.3 is 5.97 Å². The molecule has 0 unspecified atom stereocenters. The molecule has 1 heterocycles. The number of hydrogen-bond acceptors (Lipinski definition) is 6. The largest absolute Gasteiger partial charge is 0.459 e. The van der Waals surface area contributed by atoms with Crippen LogP contribution in [0.4, 0.5) is 11.4 Å². The van der Waals surface area contributed by atoms with Crippen molar-refractivity contribution in [2.45, 2.75) is 32.0 Å². The predicted octanol–water partition coefficient (Wildman–Crippen LogP) is 2.41. The van der Waals surface area contributed by atoms with Gasteiger partial charge in [0, 0.05) is 30.8 Å². The molecule has 0 radical (unpaired) electrons. The molecule has 140 valence electrons. The molecule has 1 fully saturated rings. The first-order valence-electron chi connectivity index (χ1n) is 8.48. The summed E-state index contributed by atoms with van der Waals surface area (Å²) in [6, 6.07) is 12.3. The molecule has 2 N–H and O–H groups in total. The van der Waals surface area contributed by atoms with Gasteiger partial charge in [0.25, 0.3) is 5.69 Å². The van der Waals surface area contributed by atoms with Gasteiger partial charge in [-0.3, -0.25) is 14.9 Å². The zero-order valence-electron chi connectivity index (χ0n) is 14.5. The minimum absolute atomic E-state index is 0.0223. The number of rotatable bonds is 6. The van der Waals surface area contributed by atoms with Crippen LogP contribution in [0.25, 0.3) is 0 Å². The van der Waals surface area contributed by atoms with Gasteiger partial charge in [0.05, 0.1) is 4.92 Å². The summed E-state index contributed by atoms with van der Waals surface area (Å²) >= 11 is 0. The summed E-state index contributed by atoms with van der Waals surface area (Å²) in [5, 5.41) is 10.7. The minimum Gasteiger partial charge on any atom is -0.459 e. The average Bonchev–Trinajstić information content (AvgIpc) is 3.02. The van der Waals surface area contributed by atoms with Crippen molar-refractivity contribution in [3.8, 4) is 0 Å². The van der Waals surface area contributed by atoms with Crippen molar-refractivity contribution in [1.82, 2.24) is 4.90 Å². The number of esters is 1. The molecular formula is C19H19N3O5. The lowest BCUT2D eigenvalue weighted by Gasteiger charge is -2.23. The summed E-state index contributed by atoms with van der Waals surface area (Å²) in [7, 11) is 0. The zero-order chi connectivity index (χ0) is 19.4. The maximum Gasteiger partial charge on any atom is 0.329 e. The van der Waals surface area contributed by atoms with Crippen LogP contribution >= 0.6 is 0 Å². The van der Waals surface area contributed by atoms with E-state index in [0.717, 1.165) is 5.56 Å². The number of nitro benzene ring substituents is 1. The molecule has 8 heteroatoms. The van der Waals surface area contributed by atoms with Crippen LogP contribution in [0.1, 0.15) is 24.0 Å². The standard InChI is InChI=1S/C19H19N3O5/c20-15-5-1-14(2-6-15)12-27-19(24)17-9-10-18(23)21(17)11-13-3-7-16(8-4-13)22(25)26/h1-8,17H,9-12,20H2/t17-/m0/s1. The molecule has 2 aromatic carbocycles. The second-order valence-corrected chi connectivity index (χ2v) is 6.35. The SMILES string of the molecule is Nc1ccc(COC(=O)[C@@H]2CCC(=O)N2Cc2ccc([N+](=O)[O-])cc2)cc1. The van der Waals surface area contributed by atoms with Crippen LogP contribution in [0, 0.1) is 10.1 Å². The Bertz CT molecular complexity index is 849. The molecule has 0 aliphatic carbocycles. The highest BCUT2D eigenvalue weighted by Crippen LogP contribution is 2.24. The van der Waals surface area contributed by atoms with Crippen LogP contribution in [0.2, 0.25) is 0 Å². The quantitative estimate of drug-likeness (QED) is 0.362. The number of benzene rings is 2. The van der Waals surface area contributed by atoms with Crippen molar-refractivity contribution >= 4 is 23.3 Å². The average molecular weight is 369 g/mol. The van der Waals surface area contributed by atoms with Crippen LogP contribution in [0.5, 0.6) is 0 Å². The molecule has 8 nitrogen and oxygen atoms in total. The molecule has 0 saturated carbocycles. The first-order valence-corrected chi connectivity index (χ1v) is 8.48. The lowest BCUT2D eigenvalue weighted by atomic mass is 10.1. The van der Waals surface area contributed by atoms with Crippen molar-refractivity contribution in [3.05, 3.63) is 69.8 Å². The summed E-state index contributed by atoms with van der Waals surface area (Å²) < 4.78 is 5.36. The Morgan fingerprint density at radius 3 is 2.41 bits per heavy atom. The van der Waals surface area contributed by atoms with E-state index in [1.165, 1.54) is 17.0 Å². The van der Waals surface area contributed by atoms with E-state index in [1.807, 2.05) is 0 Å². The second-order valence-electron chi connectivity index (χ2n) is 6.35. The fraction of sp³-hybridized carbons (Fsp3) is 0.263. The highest BCUT2D eigenvalue weighted by molar-refractivity contribution is 5.88. The van der Waals surface area contributed by atoms with Gasteiger partial charge in [-0.2, -0.15) is 0 Å². The van der Waals surface area contributed by atoms with Crippen molar-refractivity contribution < 1.29 is 19.2 Å². The third-order valence-electron chi connectivity index (χ3n) is 4.46. The molecule has 1 atom stereocenters. The number of non-ortho nitro benzene ring substituents is 1. The van der Waals surface area contributed by atoms with Gasteiger partial charge in [0.2, 0.25) is 5.91 Å². The molecule has 27 heavy (non-hydrogen) atoms. The van der Waals surface area contributed by atoms with Gasteiger partial charge in [-0.25, -0.2) is 4.79 Å². The number of nitrogens with zero attached hydrogens (tertiary/aromatic N) is 2. The highest BCUT2D eigenvalue weighted by Gasteiger charge is 2.37. The van der Waals surface area contributed by atoms with E-state index < -0.39 is 16.9 Å². The van der Waals surface area contributed by atoms with Gasteiger partial charge in [0.15, 0.2) is 0 Å². The third-order valence-corrected chi connectivity index (χ3v) is 4.46. The molecule has 0 spiro atoms. The number of anilines is 1. The van der Waals surface area contributed by atoms with Crippen LogP contribution < -0.4 is 5.73 Å². The molecule has 0 aromatic heterocycles. The predicted molar refractivity (Wildman–Crippen MR) is 97.3 cm³/mol. The van der Waals surface area contributed by atoms with Gasteiger partial charge in [-0.1, -0.05) is 24.3 Å². The summed E-state index contributed by atoms with van der Waals surface area (Å²) in [5.74, 6) is -0.595. The Kier molecular flexibility index (Phi) is 5.35. The Hall–Kier alpha value is -3.42. The Morgan fingerprint density at radius 1 is 1.15 bits per heavy atom.